The molecule has 1 aromatic carbocycles. The largest absolute Gasteiger partial charge is 0.494 e. The summed E-state index contributed by atoms with van der Waals surface area (Å²) < 4.78 is 0. The van der Waals surface area contributed by atoms with Crippen LogP contribution in [0.1, 0.15) is 23.6 Å². The second kappa shape index (κ2) is 6.50. The molecule has 0 saturated carbocycles. The number of aromatic hydroxyl groups is 1. The van der Waals surface area contributed by atoms with Gasteiger partial charge in [0.05, 0.1) is 17.0 Å². The summed E-state index contributed by atoms with van der Waals surface area (Å²) in [6, 6.07) is 8.42. The minimum Gasteiger partial charge on any atom is -0.494 e. The van der Waals surface area contributed by atoms with Gasteiger partial charge in [0, 0.05) is 10.6 Å². The SMILES string of the molecule is CC1=NN(c2ccc(Cl)cc2)C(=O)C1=Cc1c(O)[nH]c(=O)c(C#N)c1C. The number of hydrazone groups is 1. The molecule has 2 aromatic rings. The van der Waals surface area contributed by atoms with E-state index in [1.165, 1.54) is 18.0 Å². The molecule has 1 aliphatic rings. The van der Waals surface area contributed by atoms with E-state index in [9.17, 15) is 14.7 Å². The summed E-state index contributed by atoms with van der Waals surface area (Å²) in [6.45, 7) is 3.19. The average Bonchev–Trinajstić information content (AvgIpc) is 2.87. The van der Waals surface area contributed by atoms with E-state index in [1.807, 2.05) is 0 Å². The highest BCUT2D eigenvalue weighted by atomic mass is 35.5. The van der Waals surface area contributed by atoms with Crippen molar-refractivity contribution in [2.75, 3.05) is 5.01 Å². The highest BCUT2D eigenvalue weighted by molar-refractivity contribution is 6.32. The van der Waals surface area contributed by atoms with Gasteiger partial charge >= 0.3 is 0 Å². The number of carbonyl (C=O) groups is 1. The number of H-pyrrole nitrogens is 1. The minimum absolute atomic E-state index is 0.121. The number of carbonyl (C=O) groups excluding carboxylic acids is 1. The maximum Gasteiger partial charge on any atom is 0.280 e. The quantitative estimate of drug-likeness (QED) is 0.794. The molecule has 7 nitrogen and oxygen atoms in total. The van der Waals surface area contributed by atoms with Gasteiger partial charge < -0.3 is 5.11 Å². The number of nitrogens with one attached hydrogen (secondary N) is 1. The van der Waals surface area contributed by atoms with Crippen LogP contribution in [0.15, 0.2) is 39.7 Å². The molecule has 1 aliphatic heterocycles. The van der Waals surface area contributed by atoms with Crippen LogP contribution in [0.25, 0.3) is 6.08 Å². The van der Waals surface area contributed by atoms with Crippen molar-refractivity contribution >= 4 is 35.0 Å². The zero-order valence-electron chi connectivity index (χ0n) is 13.9. The van der Waals surface area contributed by atoms with Crippen molar-refractivity contribution in [2.45, 2.75) is 13.8 Å². The van der Waals surface area contributed by atoms with Gasteiger partial charge in [-0.3, -0.25) is 14.6 Å². The van der Waals surface area contributed by atoms with Crippen LogP contribution in [0.2, 0.25) is 5.02 Å². The topological polar surface area (TPSA) is 110 Å². The second-order valence-electron chi connectivity index (χ2n) is 5.67. The number of benzene rings is 1. The zero-order chi connectivity index (χ0) is 19.0. The van der Waals surface area contributed by atoms with Crippen LogP contribution in [-0.2, 0) is 4.79 Å². The number of hydrogen-bond donors (Lipinski definition) is 2. The van der Waals surface area contributed by atoms with E-state index < -0.39 is 17.3 Å². The molecule has 8 heteroatoms. The molecule has 2 N–H and O–H groups in total. The van der Waals surface area contributed by atoms with Crippen molar-refractivity contribution in [1.29, 1.82) is 5.26 Å². The monoisotopic (exact) mass is 368 g/mol. The van der Waals surface area contributed by atoms with E-state index in [0.717, 1.165) is 0 Å². The molecule has 0 saturated heterocycles. The first kappa shape index (κ1) is 17.5. The van der Waals surface area contributed by atoms with Crippen molar-refractivity contribution in [2.24, 2.45) is 5.10 Å². The van der Waals surface area contributed by atoms with E-state index in [-0.39, 0.29) is 22.3 Å². The number of nitrogens with zero attached hydrogens (tertiary/aromatic N) is 3. The molecule has 26 heavy (non-hydrogen) atoms. The van der Waals surface area contributed by atoms with Crippen LogP contribution in [0, 0.1) is 18.3 Å². The van der Waals surface area contributed by atoms with Gasteiger partial charge in [-0.25, -0.2) is 0 Å². The molecule has 130 valence electrons. The second-order valence-corrected chi connectivity index (χ2v) is 6.10. The van der Waals surface area contributed by atoms with Gasteiger partial charge in [-0.1, -0.05) is 11.6 Å². The summed E-state index contributed by atoms with van der Waals surface area (Å²) in [5.41, 5.74) is 0.897. The predicted molar refractivity (Wildman–Crippen MR) is 98.2 cm³/mol. The number of amides is 1. The fraction of sp³-hybridized carbons (Fsp3) is 0.111. The predicted octanol–water partition coefficient (Wildman–Crippen LogP) is 2.72. The Labute approximate surface area is 153 Å². The Balaban J connectivity index is 2.08. The first-order valence-electron chi connectivity index (χ1n) is 7.56. The van der Waals surface area contributed by atoms with Crippen molar-refractivity contribution < 1.29 is 9.90 Å². The van der Waals surface area contributed by atoms with Gasteiger partial charge in [-0.2, -0.15) is 15.4 Å². The Morgan fingerprint density at radius 3 is 2.54 bits per heavy atom. The van der Waals surface area contributed by atoms with E-state index >= 15 is 0 Å². The van der Waals surface area contributed by atoms with Crippen LogP contribution in [0.4, 0.5) is 5.69 Å². The zero-order valence-corrected chi connectivity index (χ0v) is 14.6. The smallest absolute Gasteiger partial charge is 0.280 e. The van der Waals surface area contributed by atoms with E-state index in [4.69, 9.17) is 16.9 Å². The number of pyridine rings is 1. The van der Waals surface area contributed by atoms with Gasteiger partial charge in [0.1, 0.15) is 11.6 Å². The number of hydrogen-bond acceptors (Lipinski definition) is 5. The Hall–Kier alpha value is -3.37. The van der Waals surface area contributed by atoms with Crippen LogP contribution in [0.3, 0.4) is 0 Å². The van der Waals surface area contributed by atoms with Gasteiger partial charge in [-0.15, -0.1) is 0 Å². The number of rotatable bonds is 2. The number of aromatic amines is 1. The lowest BCUT2D eigenvalue weighted by Gasteiger charge is -2.12. The van der Waals surface area contributed by atoms with Gasteiger partial charge in [0.25, 0.3) is 11.5 Å². The Bertz CT molecular complexity index is 1080. The third kappa shape index (κ3) is 2.87. The third-order valence-corrected chi connectivity index (χ3v) is 4.28. The molecule has 1 amide bonds. The van der Waals surface area contributed by atoms with Crippen molar-refractivity contribution in [3.63, 3.8) is 0 Å². The lowest BCUT2D eigenvalue weighted by Crippen LogP contribution is -2.21. The molecule has 0 atom stereocenters. The average molecular weight is 369 g/mol. The van der Waals surface area contributed by atoms with Crippen LogP contribution >= 0.6 is 11.6 Å². The number of halogens is 1. The maximum atomic E-state index is 12.7. The van der Waals surface area contributed by atoms with Crippen molar-refractivity contribution in [1.82, 2.24) is 4.98 Å². The molecule has 0 aliphatic carbocycles. The van der Waals surface area contributed by atoms with Crippen molar-refractivity contribution in [3.8, 4) is 11.9 Å². The van der Waals surface area contributed by atoms with E-state index in [2.05, 4.69) is 10.1 Å². The molecule has 0 unspecified atom stereocenters. The summed E-state index contributed by atoms with van der Waals surface area (Å²) >= 11 is 5.86. The molecule has 0 fully saturated rings. The summed E-state index contributed by atoms with van der Waals surface area (Å²) in [4.78, 5) is 26.7. The Morgan fingerprint density at radius 2 is 1.92 bits per heavy atom. The highest BCUT2D eigenvalue weighted by Crippen LogP contribution is 2.28. The fourth-order valence-corrected chi connectivity index (χ4v) is 2.74. The van der Waals surface area contributed by atoms with E-state index in [0.29, 0.717) is 16.4 Å². The molecule has 0 spiro atoms. The lowest BCUT2D eigenvalue weighted by atomic mass is 10.0. The van der Waals surface area contributed by atoms with Crippen LogP contribution in [-0.4, -0.2) is 21.7 Å². The molecular weight excluding hydrogens is 356 g/mol. The standard InChI is InChI=1S/C18H13ClN4O3/c1-9-13(16(24)21-17(25)15(9)8-20)7-14-10(2)22-23(18(14)26)12-5-3-11(19)4-6-12/h3-7H,1-2H3,(H2,21,24,25). The summed E-state index contributed by atoms with van der Waals surface area (Å²) in [7, 11) is 0. The first-order chi connectivity index (χ1) is 12.3. The maximum absolute atomic E-state index is 12.7. The lowest BCUT2D eigenvalue weighted by molar-refractivity contribution is -0.114. The fourth-order valence-electron chi connectivity index (χ4n) is 2.62. The van der Waals surface area contributed by atoms with Crippen LogP contribution < -0.4 is 10.6 Å². The number of anilines is 1. The Kier molecular flexibility index (Phi) is 4.36. The minimum atomic E-state index is -0.685. The summed E-state index contributed by atoms with van der Waals surface area (Å²) in [5.74, 6) is -0.808. The highest BCUT2D eigenvalue weighted by Gasteiger charge is 2.29. The number of aromatic nitrogens is 1. The normalized spacial score (nSPS) is 15.3. The molecule has 2 heterocycles. The molecule has 0 bridgehead atoms. The number of nitriles is 1. The van der Waals surface area contributed by atoms with Crippen LogP contribution in [0.5, 0.6) is 5.88 Å². The first-order valence-corrected chi connectivity index (χ1v) is 7.94. The third-order valence-electron chi connectivity index (χ3n) is 4.03. The van der Waals surface area contributed by atoms with Gasteiger partial charge in [-0.05, 0) is 49.8 Å². The van der Waals surface area contributed by atoms with Gasteiger partial charge in [0.2, 0.25) is 0 Å². The van der Waals surface area contributed by atoms with E-state index in [1.54, 1.807) is 37.3 Å². The summed E-state index contributed by atoms with van der Waals surface area (Å²) in [5, 5.41) is 25.2. The van der Waals surface area contributed by atoms with Crippen molar-refractivity contribution in [3.05, 3.63) is 61.9 Å². The molecular formula is C18H13ClN4O3. The molecule has 1 aromatic heterocycles. The summed E-state index contributed by atoms with van der Waals surface area (Å²) in [6.07, 6.45) is 1.42. The Morgan fingerprint density at radius 1 is 1.27 bits per heavy atom. The molecule has 0 radical (unpaired) electrons. The van der Waals surface area contributed by atoms with Gasteiger partial charge in [0.15, 0.2) is 5.88 Å². The molecule has 3 rings (SSSR count).